The highest BCUT2D eigenvalue weighted by Crippen LogP contribution is 2.28. The standard InChI is InChI=1S/C18H23BrN2O2S/c1-3-4-5-10-21(12-15-7-9-17(19)24-15)14-6-8-16(13(2)11-14)20-18(22)23/h6-9,11,20H,3-5,10,12H2,1-2H3,(H,22,23). The Morgan fingerprint density at radius 2 is 2.08 bits per heavy atom. The first-order chi connectivity index (χ1) is 11.5. The average Bonchev–Trinajstić information content (AvgIpc) is 2.93. The smallest absolute Gasteiger partial charge is 0.409 e. The predicted molar refractivity (Wildman–Crippen MR) is 105 cm³/mol. The van der Waals surface area contributed by atoms with Gasteiger partial charge in [0.15, 0.2) is 0 Å². The van der Waals surface area contributed by atoms with Crippen LogP contribution in [-0.2, 0) is 6.54 Å². The van der Waals surface area contributed by atoms with Crippen molar-refractivity contribution >= 4 is 44.7 Å². The van der Waals surface area contributed by atoms with Gasteiger partial charge in [-0.2, -0.15) is 0 Å². The summed E-state index contributed by atoms with van der Waals surface area (Å²) in [6.45, 7) is 6.00. The fraction of sp³-hybridized carbons (Fsp3) is 0.389. The number of amides is 1. The SMILES string of the molecule is CCCCCN(Cc1ccc(Br)s1)c1ccc(NC(=O)O)c(C)c1. The van der Waals surface area contributed by atoms with Crippen LogP contribution < -0.4 is 10.2 Å². The summed E-state index contributed by atoms with van der Waals surface area (Å²) in [7, 11) is 0. The van der Waals surface area contributed by atoms with Crippen molar-refractivity contribution in [2.75, 3.05) is 16.8 Å². The summed E-state index contributed by atoms with van der Waals surface area (Å²) in [6, 6.07) is 10.1. The first-order valence-electron chi connectivity index (χ1n) is 8.09. The third-order valence-electron chi connectivity index (χ3n) is 3.82. The zero-order valence-corrected chi connectivity index (χ0v) is 16.4. The molecule has 0 fully saturated rings. The van der Waals surface area contributed by atoms with Crippen molar-refractivity contribution < 1.29 is 9.90 Å². The molecule has 130 valence electrons. The van der Waals surface area contributed by atoms with Gasteiger partial charge in [-0.1, -0.05) is 19.8 Å². The van der Waals surface area contributed by atoms with Gasteiger partial charge in [-0.3, -0.25) is 5.32 Å². The fourth-order valence-corrected chi connectivity index (χ4v) is 4.08. The lowest BCUT2D eigenvalue weighted by molar-refractivity contribution is 0.209. The van der Waals surface area contributed by atoms with Crippen LogP contribution in [0.25, 0.3) is 0 Å². The van der Waals surface area contributed by atoms with Crippen LogP contribution >= 0.6 is 27.3 Å². The number of hydrogen-bond acceptors (Lipinski definition) is 3. The molecule has 1 heterocycles. The molecular weight excluding hydrogens is 388 g/mol. The van der Waals surface area contributed by atoms with Gasteiger partial charge in [0.25, 0.3) is 0 Å². The minimum absolute atomic E-state index is 0.638. The number of carboxylic acid groups (broad SMARTS) is 1. The van der Waals surface area contributed by atoms with E-state index in [1.165, 1.54) is 17.7 Å². The van der Waals surface area contributed by atoms with Crippen LogP contribution in [0, 0.1) is 6.92 Å². The molecule has 2 rings (SSSR count). The molecule has 1 aromatic heterocycles. The number of nitrogens with zero attached hydrogens (tertiary/aromatic N) is 1. The number of nitrogens with one attached hydrogen (secondary N) is 1. The highest BCUT2D eigenvalue weighted by Gasteiger charge is 2.11. The number of unbranched alkanes of at least 4 members (excludes halogenated alkanes) is 2. The Balaban J connectivity index is 2.18. The molecule has 24 heavy (non-hydrogen) atoms. The van der Waals surface area contributed by atoms with E-state index in [2.05, 4.69) is 51.3 Å². The summed E-state index contributed by atoms with van der Waals surface area (Å²) < 4.78 is 1.14. The molecule has 0 radical (unpaired) electrons. The number of halogens is 1. The van der Waals surface area contributed by atoms with E-state index in [9.17, 15) is 4.79 Å². The third kappa shape index (κ3) is 5.53. The van der Waals surface area contributed by atoms with Crippen LogP contribution in [0.3, 0.4) is 0 Å². The quantitative estimate of drug-likeness (QED) is 0.516. The van der Waals surface area contributed by atoms with Crippen molar-refractivity contribution in [2.45, 2.75) is 39.7 Å². The highest BCUT2D eigenvalue weighted by atomic mass is 79.9. The van der Waals surface area contributed by atoms with Crippen LogP contribution in [-0.4, -0.2) is 17.7 Å². The van der Waals surface area contributed by atoms with Crippen molar-refractivity contribution in [2.24, 2.45) is 0 Å². The van der Waals surface area contributed by atoms with Gasteiger partial charge in [0, 0.05) is 22.8 Å². The second kappa shape index (κ2) is 9.08. The summed E-state index contributed by atoms with van der Waals surface area (Å²) in [5, 5.41) is 11.3. The molecular formula is C18H23BrN2O2S. The molecule has 0 aliphatic heterocycles. The maximum Gasteiger partial charge on any atom is 0.409 e. The number of aryl methyl sites for hydroxylation is 1. The topological polar surface area (TPSA) is 52.6 Å². The van der Waals surface area contributed by atoms with E-state index in [0.29, 0.717) is 5.69 Å². The van der Waals surface area contributed by atoms with E-state index in [-0.39, 0.29) is 0 Å². The molecule has 6 heteroatoms. The van der Waals surface area contributed by atoms with Crippen LogP contribution in [0.5, 0.6) is 0 Å². The molecule has 0 unspecified atom stereocenters. The summed E-state index contributed by atoms with van der Waals surface area (Å²) in [5.74, 6) is 0. The largest absolute Gasteiger partial charge is 0.465 e. The molecule has 2 aromatic rings. The Hall–Kier alpha value is -1.53. The normalized spacial score (nSPS) is 10.6. The number of rotatable bonds is 8. The van der Waals surface area contributed by atoms with E-state index in [1.807, 2.05) is 19.1 Å². The van der Waals surface area contributed by atoms with Gasteiger partial charge >= 0.3 is 6.09 Å². The van der Waals surface area contributed by atoms with Gasteiger partial charge < -0.3 is 10.0 Å². The Labute approximate surface area is 155 Å². The van der Waals surface area contributed by atoms with E-state index in [4.69, 9.17) is 5.11 Å². The van der Waals surface area contributed by atoms with Crippen LogP contribution in [0.2, 0.25) is 0 Å². The lowest BCUT2D eigenvalue weighted by Crippen LogP contribution is -2.23. The van der Waals surface area contributed by atoms with E-state index >= 15 is 0 Å². The molecule has 0 aliphatic carbocycles. The number of anilines is 2. The molecule has 0 bridgehead atoms. The van der Waals surface area contributed by atoms with E-state index in [0.717, 1.165) is 34.5 Å². The Bertz CT molecular complexity index is 687. The maximum atomic E-state index is 10.8. The number of carbonyl (C=O) groups is 1. The summed E-state index contributed by atoms with van der Waals surface area (Å²) in [6.07, 6.45) is 2.52. The molecule has 0 saturated heterocycles. The maximum absolute atomic E-state index is 10.8. The summed E-state index contributed by atoms with van der Waals surface area (Å²) >= 11 is 5.27. The average molecular weight is 411 g/mol. The van der Waals surface area contributed by atoms with Gasteiger partial charge in [-0.15, -0.1) is 11.3 Å². The highest BCUT2D eigenvalue weighted by molar-refractivity contribution is 9.11. The molecule has 0 spiro atoms. The first-order valence-corrected chi connectivity index (χ1v) is 9.70. The Kier molecular flexibility index (Phi) is 7.12. The van der Waals surface area contributed by atoms with Gasteiger partial charge in [-0.05, 0) is 65.2 Å². The first kappa shape index (κ1) is 18.8. The number of benzene rings is 1. The second-order valence-corrected chi connectivity index (χ2v) is 8.31. The van der Waals surface area contributed by atoms with Gasteiger partial charge in [0.2, 0.25) is 0 Å². The molecule has 0 atom stereocenters. The molecule has 1 aromatic carbocycles. The van der Waals surface area contributed by atoms with Gasteiger partial charge in [0.05, 0.1) is 10.3 Å². The predicted octanol–water partition coefficient (Wildman–Crippen LogP) is 6.11. The Morgan fingerprint density at radius 1 is 1.29 bits per heavy atom. The number of hydrogen-bond donors (Lipinski definition) is 2. The monoisotopic (exact) mass is 410 g/mol. The Morgan fingerprint density at radius 3 is 2.67 bits per heavy atom. The van der Waals surface area contributed by atoms with Crippen molar-refractivity contribution in [1.82, 2.24) is 0 Å². The summed E-state index contributed by atoms with van der Waals surface area (Å²) in [5.41, 5.74) is 2.70. The van der Waals surface area contributed by atoms with E-state index < -0.39 is 6.09 Å². The molecule has 0 aliphatic rings. The van der Waals surface area contributed by atoms with Crippen molar-refractivity contribution in [1.29, 1.82) is 0 Å². The minimum atomic E-state index is -1.03. The fourth-order valence-electron chi connectivity index (χ4n) is 2.58. The van der Waals surface area contributed by atoms with Gasteiger partial charge in [0.1, 0.15) is 0 Å². The van der Waals surface area contributed by atoms with E-state index in [1.54, 1.807) is 11.3 Å². The molecule has 2 N–H and O–H groups in total. The van der Waals surface area contributed by atoms with Crippen LogP contribution in [0.15, 0.2) is 34.1 Å². The second-order valence-electron chi connectivity index (χ2n) is 5.76. The van der Waals surface area contributed by atoms with Crippen LogP contribution in [0.1, 0.15) is 36.6 Å². The number of thiophene rings is 1. The molecule has 1 amide bonds. The van der Waals surface area contributed by atoms with Crippen LogP contribution in [0.4, 0.5) is 16.2 Å². The van der Waals surface area contributed by atoms with Crippen molar-refractivity contribution in [3.63, 3.8) is 0 Å². The zero-order chi connectivity index (χ0) is 17.5. The van der Waals surface area contributed by atoms with Crippen molar-refractivity contribution in [3.05, 3.63) is 44.6 Å². The molecule has 0 saturated carbocycles. The summed E-state index contributed by atoms with van der Waals surface area (Å²) in [4.78, 5) is 14.5. The zero-order valence-electron chi connectivity index (χ0n) is 14.0. The minimum Gasteiger partial charge on any atom is -0.465 e. The lowest BCUT2D eigenvalue weighted by atomic mass is 10.1. The van der Waals surface area contributed by atoms with Crippen molar-refractivity contribution in [3.8, 4) is 0 Å². The third-order valence-corrected chi connectivity index (χ3v) is 5.43. The van der Waals surface area contributed by atoms with Gasteiger partial charge in [-0.25, -0.2) is 4.79 Å². The molecule has 4 nitrogen and oxygen atoms in total. The lowest BCUT2D eigenvalue weighted by Gasteiger charge is -2.25.